The molecule has 26 heavy (non-hydrogen) atoms. The van der Waals surface area contributed by atoms with Gasteiger partial charge in [-0.05, 0) is 42.7 Å². The van der Waals surface area contributed by atoms with Gasteiger partial charge in [0, 0.05) is 37.3 Å². The lowest BCUT2D eigenvalue weighted by atomic mass is 10.1. The van der Waals surface area contributed by atoms with Gasteiger partial charge >= 0.3 is 0 Å². The van der Waals surface area contributed by atoms with Crippen LogP contribution in [0.25, 0.3) is 0 Å². The molecule has 0 radical (unpaired) electrons. The van der Waals surface area contributed by atoms with Gasteiger partial charge < -0.3 is 16.0 Å². The quantitative estimate of drug-likeness (QED) is 0.471. The minimum absolute atomic E-state index is 0.0648. The van der Waals surface area contributed by atoms with Gasteiger partial charge in [0.25, 0.3) is 5.69 Å². The average molecular weight is 354 g/mol. The van der Waals surface area contributed by atoms with Gasteiger partial charge in [0.15, 0.2) is 0 Å². The molecule has 1 aliphatic heterocycles. The summed E-state index contributed by atoms with van der Waals surface area (Å²) in [5.41, 5.74) is 8.54. The molecular formula is C19H22N4O3. The summed E-state index contributed by atoms with van der Waals surface area (Å²) in [4.78, 5) is 24.1. The van der Waals surface area contributed by atoms with E-state index >= 15 is 0 Å². The Morgan fingerprint density at radius 3 is 2.62 bits per heavy atom. The Morgan fingerprint density at radius 1 is 1.27 bits per heavy atom. The lowest BCUT2D eigenvalue weighted by Gasteiger charge is -2.18. The van der Waals surface area contributed by atoms with Crippen LogP contribution in [0, 0.1) is 10.1 Å². The molecule has 1 amide bonds. The standard InChI is InChI=1S/C19H22N4O3/c1-13(21-12-14-4-9-17(20)18(11-14)23(25)26)15-5-7-16(8-6-15)22-10-2-3-19(22)24/h4-9,11,13,21H,2-3,10,12,20H2,1H3/t13-/m1/s1. The number of nitro benzene ring substituents is 1. The molecule has 1 heterocycles. The number of nitrogens with one attached hydrogen (secondary N) is 1. The largest absolute Gasteiger partial charge is 0.393 e. The van der Waals surface area contributed by atoms with Crippen LogP contribution in [-0.2, 0) is 11.3 Å². The molecule has 136 valence electrons. The fourth-order valence-corrected chi connectivity index (χ4v) is 3.11. The van der Waals surface area contributed by atoms with Crippen LogP contribution < -0.4 is 16.0 Å². The zero-order valence-corrected chi connectivity index (χ0v) is 14.6. The van der Waals surface area contributed by atoms with Crippen molar-refractivity contribution in [3.05, 3.63) is 63.7 Å². The highest BCUT2D eigenvalue weighted by molar-refractivity contribution is 5.95. The molecular weight excluding hydrogens is 332 g/mol. The molecule has 3 rings (SSSR count). The molecule has 0 saturated carbocycles. The Balaban J connectivity index is 1.63. The van der Waals surface area contributed by atoms with Crippen molar-refractivity contribution < 1.29 is 9.72 Å². The van der Waals surface area contributed by atoms with E-state index in [9.17, 15) is 14.9 Å². The fourth-order valence-electron chi connectivity index (χ4n) is 3.11. The van der Waals surface area contributed by atoms with E-state index in [1.807, 2.05) is 36.1 Å². The van der Waals surface area contributed by atoms with E-state index in [0.29, 0.717) is 13.0 Å². The first-order valence-corrected chi connectivity index (χ1v) is 8.62. The maximum absolute atomic E-state index is 11.8. The summed E-state index contributed by atoms with van der Waals surface area (Å²) < 4.78 is 0. The van der Waals surface area contributed by atoms with Crippen molar-refractivity contribution in [3.63, 3.8) is 0 Å². The van der Waals surface area contributed by atoms with Crippen LogP contribution in [0.2, 0.25) is 0 Å². The van der Waals surface area contributed by atoms with E-state index < -0.39 is 4.92 Å². The third-order valence-corrected chi connectivity index (χ3v) is 4.68. The number of benzene rings is 2. The van der Waals surface area contributed by atoms with Crippen LogP contribution in [0.3, 0.4) is 0 Å². The number of carbonyl (C=O) groups excluding carboxylic acids is 1. The van der Waals surface area contributed by atoms with Gasteiger partial charge in [-0.1, -0.05) is 18.2 Å². The third kappa shape index (κ3) is 3.83. The summed E-state index contributed by atoms with van der Waals surface area (Å²) >= 11 is 0. The summed E-state index contributed by atoms with van der Waals surface area (Å²) in [5, 5.41) is 14.3. The van der Waals surface area contributed by atoms with Gasteiger partial charge in [0.1, 0.15) is 5.69 Å². The molecule has 2 aromatic carbocycles. The topological polar surface area (TPSA) is 102 Å². The molecule has 0 unspecified atom stereocenters. The molecule has 1 saturated heterocycles. The zero-order chi connectivity index (χ0) is 18.7. The highest BCUT2D eigenvalue weighted by Gasteiger charge is 2.21. The second-order valence-corrected chi connectivity index (χ2v) is 6.49. The van der Waals surface area contributed by atoms with Crippen LogP contribution >= 0.6 is 0 Å². The molecule has 0 spiro atoms. The van der Waals surface area contributed by atoms with Crippen molar-refractivity contribution in [3.8, 4) is 0 Å². The Labute approximate surface area is 152 Å². The number of anilines is 2. The predicted molar refractivity (Wildman–Crippen MR) is 101 cm³/mol. The number of nitrogens with zero attached hydrogens (tertiary/aromatic N) is 2. The van der Waals surface area contributed by atoms with E-state index in [1.165, 1.54) is 6.07 Å². The van der Waals surface area contributed by atoms with E-state index in [0.717, 1.165) is 29.8 Å². The van der Waals surface area contributed by atoms with E-state index in [-0.39, 0.29) is 23.3 Å². The number of nitro groups is 1. The second kappa shape index (κ2) is 7.53. The first-order valence-electron chi connectivity index (χ1n) is 8.62. The Morgan fingerprint density at radius 2 is 2.00 bits per heavy atom. The molecule has 1 fully saturated rings. The van der Waals surface area contributed by atoms with Crippen LogP contribution in [0.1, 0.15) is 36.9 Å². The summed E-state index contributed by atoms with van der Waals surface area (Å²) in [7, 11) is 0. The van der Waals surface area contributed by atoms with Crippen LogP contribution in [0.4, 0.5) is 17.1 Å². The van der Waals surface area contributed by atoms with Gasteiger partial charge in [-0.3, -0.25) is 14.9 Å². The highest BCUT2D eigenvalue weighted by Crippen LogP contribution is 2.25. The smallest absolute Gasteiger partial charge is 0.292 e. The number of nitrogens with two attached hydrogens (primary N) is 1. The average Bonchev–Trinajstić information content (AvgIpc) is 3.06. The normalized spacial score (nSPS) is 15.3. The lowest BCUT2D eigenvalue weighted by Crippen LogP contribution is -2.23. The van der Waals surface area contributed by atoms with Gasteiger partial charge in [-0.25, -0.2) is 0 Å². The fraction of sp³-hybridized carbons (Fsp3) is 0.316. The first-order chi connectivity index (χ1) is 12.5. The first kappa shape index (κ1) is 17.9. The predicted octanol–water partition coefficient (Wildman–Crippen LogP) is 3.15. The van der Waals surface area contributed by atoms with E-state index in [4.69, 9.17) is 5.73 Å². The number of carbonyl (C=O) groups is 1. The molecule has 2 aromatic rings. The third-order valence-electron chi connectivity index (χ3n) is 4.68. The van der Waals surface area contributed by atoms with Crippen molar-refractivity contribution in [2.75, 3.05) is 17.2 Å². The van der Waals surface area contributed by atoms with Gasteiger partial charge in [0.05, 0.1) is 4.92 Å². The molecule has 3 N–H and O–H groups in total. The maximum atomic E-state index is 11.8. The van der Waals surface area contributed by atoms with Gasteiger partial charge in [-0.2, -0.15) is 0 Å². The summed E-state index contributed by atoms with van der Waals surface area (Å²) in [6.45, 7) is 3.30. The second-order valence-electron chi connectivity index (χ2n) is 6.49. The number of rotatable bonds is 6. The molecule has 0 bridgehead atoms. The molecule has 1 atom stereocenters. The Kier molecular flexibility index (Phi) is 5.18. The minimum Gasteiger partial charge on any atom is -0.393 e. The van der Waals surface area contributed by atoms with Crippen molar-refractivity contribution in [1.82, 2.24) is 5.32 Å². The Bertz CT molecular complexity index is 820. The van der Waals surface area contributed by atoms with E-state index in [2.05, 4.69) is 5.32 Å². The number of nitrogen functional groups attached to an aromatic ring is 1. The van der Waals surface area contributed by atoms with Crippen molar-refractivity contribution >= 4 is 23.0 Å². The van der Waals surface area contributed by atoms with Crippen molar-refractivity contribution in [2.45, 2.75) is 32.4 Å². The molecule has 0 aliphatic carbocycles. The SMILES string of the molecule is C[C@@H](NCc1ccc(N)c([N+](=O)[O-])c1)c1ccc(N2CCCC2=O)cc1. The summed E-state index contributed by atoms with van der Waals surface area (Å²) in [6.07, 6.45) is 1.53. The van der Waals surface area contributed by atoms with Crippen LogP contribution in [-0.4, -0.2) is 17.4 Å². The zero-order valence-electron chi connectivity index (χ0n) is 14.6. The van der Waals surface area contributed by atoms with Crippen LogP contribution in [0.5, 0.6) is 0 Å². The van der Waals surface area contributed by atoms with Crippen LogP contribution in [0.15, 0.2) is 42.5 Å². The molecule has 1 aliphatic rings. The number of amides is 1. The van der Waals surface area contributed by atoms with E-state index in [1.54, 1.807) is 12.1 Å². The number of hydrogen-bond acceptors (Lipinski definition) is 5. The molecule has 7 nitrogen and oxygen atoms in total. The lowest BCUT2D eigenvalue weighted by molar-refractivity contribution is -0.384. The van der Waals surface area contributed by atoms with Gasteiger partial charge in [0.2, 0.25) is 5.91 Å². The van der Waals surface area contributed by atoms with Gasteiger partial charge in [-0.15, -0.1) is 0 Å². The van der Waals surface area contributed by atoms with Crippen molar-refractivity contribution in [2.24, 2.45) is 0 Å². The molecule has 7 heteroatoms. The Hall–Kier alpha value is -2.93. The highest BCUT2D eigenvalue weighted by atomic mass is 16.6. The monoisotopic (exact) mass is 354 g/mol. The minimum atomic E-state index is -0.472. The summed E-state index contributed by atoms with van der Waals surface area (Å²) in [6, 6.07) is 12.8. The number of hydrogen-bond donors (Lipinski definition) is 2. The maximum Gasteiger partial charge on any atom is 0.292 e. The van der Waals surface area contributed by atoms with Crippen molar-refractivity contribution in [1.29, 1.82) is 0 Å². The summed E-state index contributed by atoms with van der Waals surface area (Å²) in [5.74, 6) is 0.175. The molecule has 0 aromatic heterocycles.